The van der Waals surface area contributed by atoms with E-state index in [2.05, 4.69) is 5.32 Å². The summed E-state index contributed by atoms with van der Waals surface area (Å²) >= 11 is 0. The molecule has 102 valence electrons. The van der Waals surface area contributed by atoms with Gasteiger partial charge in [0.05, 0.1) is 20.9 Å². The van der Waals surface area contributed by atoms with Crippen LogP contribution >= 0.6 is 0 Å². The normalized spacial score (nSPS) is 16.3. The highest BCUT2D eigenvalue weighted by molar-refractivity contribution is 7.85. The summed E-state index contributed by atoms with van der Waals surface area (Å²) in [5, 5.41) is 2.92. The van der Waals surface area contributed by atoms with Crippen molar-refractivity contribution in [2.75, 3.05) is 6.54 Å². The molecule has 3 unspecified atom stereocenters. The Hall–Kier alpha value is -0.810. The molecule has 1 aromatic rings. The second kappa shape index (κ2) is 6.95. The topological polar surface area (TPSA) is 29.1 Å². The van der Waals surface area contributed by atoms with E-state index in [1.54, 1.807) is 6.92 Å². The Morgan fingerprint density at radius 3 is 2.61 bits per heavy atom. The molecule has 0 saturated carbocycles. The minimum atomic E-state index is -1.56. The van der Waals surface area contributed by atoms with Crippen LogP contribution in [0.3, 0.4) is 0 Å². The monoisotopic (exact) mass is 275 g/mol. The lowest BCUT2D eigenvalue weighted by atomic mass is 10.2. The standard InChI is InChI=1S/C13H19F2NOS/c1-4-7-16-9(2)10(3)18(17)13-8-11(14)5-6-12(13)15/h5-6,8-10,16H,4,7H2,1-3H3. The quantitative estimate of drug-likeness (QED) is 0.865. The van der Waals surface area contributed by atoms with Crippen LogP contribution in [0.15, 0.2) is 23.1 Å². The fraction of sp³-hybridized carbons (Fsp3) is 0.538. The largest absolute Gasteiger partial charge is 0.313 e. The molecule has 1 aromatic carbocycles. The van der Waals surface area contributed by atoms with E-state index < -0.39 is 22.4 Å². The van der Waals surface area contributed by atoms with Gasteiger partial charge in [-0.15, -0.1) is 0 Å². The second-order valence-corrected chi connectivity index (χ2v) is 6.10. The number of benzene rings is 1. The van der Waals surface area contributed by atoms with Crippen molar-refractivity contribution in [3.05, 3.63) is 29.8 Å². The third-order valence-electron chi connectivity index (χ3n) is 2.87. The molecule has 0 bridgehead atoms. The summed E-state index contributed by atoms with van der Waals surface area (Å²) in [5.74, 6) is -1.19. The molecule has 0 aliphatic rings. The summed E-state index contributed by atoms with van der Waals surface area (Å²) in [7, 11) is -1.56. The van der Waals surface area contributed by atoms with Gasteiger partial charge in [-0.3, -0.25) is 4.21 Å². The molecular formula is C13H19F2NOS. The zero-order valence-electron chi connectivity index (χ0n) is 10.9. The van der Waals surface area contributed by atoms with Crippen molar-refractivity contribution in [3.8, 4) is 0 Å². The first-order valence-corrected chi connectivity index (χ1v) is 7.27. The van der Waals surface area contributed by atoms with Crippen LogP contribution in [0.5, 0.6) is 0 Å². The third-order valence-corrected chi connectivity index (χ3v) is 4.70. The van der Waals surface area contributed by atoms with Crippen LogP contribution in [0.25, 0.3) is 0 Å². The van der Waals surface area contributed by atoms with Crippen LogP contribution in [-0.4, -0.2) is 22.0 Å². The molecule has 18 heavy (non-hydrogen) atoms. The van der Waals surface area contributed by atoms with Crippen molar-refractivity contribution in [2.45, 2.75) is 43.4 Å². The molecular weight excluding hydrogens is 256 g/mol. The van der Waals surface area contributed by atoms with Gasteiger partial charge in [0.1, 0.15) is 11.6 Å². The van der Waals surface area contributed by atoms with Crippen molar-refractivity contribution in [1.82, 2.24) is 5.32 Å². The van der Waals surface area contributed by atoms with Crippen LogP contribution in [0.1, 0.15) is 27.2 Å². The molecule has 0 aliphatic heterocycles. The lowest BCUT2D eigenvalue weighted by Gasteiger charge is -2.20. The highest BCUT2D eigenvalue weighted by atomic mass is 32.2. The minimum Gasteiger partial charge on any atom is -0.313 e. The molecule has 0 spiro atoms. The molecule has 0 amide bonds. The van der Waals surface area contributed by atoms with Crippen molar-refractivity contribution in [2.24, 2.45) is 0 Å². The zero-order valence-corrected chi connectivity index (χ0v) is 11.7. The molecule has 5 heteroatoms. The van der Waals surface area contributed by atoms with E-state index in [1.807, 2.05) is 13.8 Å². The first-order chi connectivity index (χ1) is 8.47. The van der Waals surface area contributed by atoms with Crippen LogP contribution in [0.2, 0.25) is 0 Å². The summed E-state index contributed by atoms with van der Waals surface area (Å²) in [6.45, 7) is 6.52. The Balaban J connectivity index is 2.82. The predicted octanol–water partition coefficient (Wildman–Crippen LogP) is 2.85. The molecule has 1 N–H and O–H groups in total. The van der Waals surface area contributed by atoms with Gasteiger partial charge in [0, 0.05) is 6.04 Å². The summed E-state index contributed by atoms with van der Waals surface area (Å²) < 4.78 is 38.8. The van der Waals surface area contributed by atoms with Gasteiger partial charge in [0.15, 0.2) is 0 Å². The smallest absolute Gasteiger partial charge is 0.139 e. The van der Waals surface area contributed by atoms with Crippen LogP contribution in [-0.2, 0) is 10.8 Å². The third kappa shape index (κ3) is 3.85. The SMILES string of the molecule is CCCNC(C)C(C)S(=O)c1cc(F)ccc1F. The Kier molecular flexibility index (Phi) is 5.88. The molecule has 0 aliphatic carbocycles. The molecule has 0 aromatic heterocycles. The first kappa shape index (κ1) is 15.2. The molecule has 3 atom stereocenters. The van der Waals surface area contributed by atoms with E-state index in [0.717, 1.165) is 31.2 Å². The van der Waals surface area contributed by atoms with Crippen molar-refractivity contribution in [1.29, 1.82) is 0 Å². The van der Waals surface area contributed by atoms with E-state index in [0.29, 0.717) is 0 Å². The number of nitrogens with one attached hydrogen (secondary N) is 1. The Morgan fingerprint density at radius 2 is 2.00 bits per heavy atom. The van der Waals surface area contributed by atoms with Gasteiger partial charge in [-0.2, -0.15) is 0 Å². The molecule has 0 fully saturated rings. The summed E-state index contributed by atoms with van der Waals surface area (Å²) in [4.78, 5) is -0.0624. The van der Waals surface area contributed by atoms with E-state index in [1.165, 1.54) is 0 Å². The first-order valence-electron chi connectivity index (χ1n) is 6.06. The van der Waals surface area contributed by atoms with Gasteiger partial charge in [-0.05, 0) is 45.0 Å². The van der Waals surface area contributed by atoms with Crippen molar-refractivity contribution >= 4 is 10.8 Å². The Bertz CT molecular complexity index is 425. The fourth-order valence-corrected chi connectivity index (χ4v) is 2.91. The van der Waals surface area contributed by atoms with E-state index in [-0.39, 0.29) is 16.2 Å². The Labute approximate surface area is 109 Å². The number of hydrogen-bond acceptors (Lipinski definition) is 2. The predicted molar refractivity (Wildman–Crippen MR) is 70.0 cm³/mol. The summed E-state index contributed by atoms with van der Waals surface area (Å²) in [6, 6.07) is 3.03. The van der Waals surface area contributed by atoms with Crippen LogP contribution in [0, 0.1) is 11.6 Å². The lowest BCUT2D eigenvalue weighted by Crippen LogP contribution is -2.38. The zero-order chi connectivity index (χ0) is 13.7. The maximum Gasteiger partial charge on any atom is 0.139 e. The average Bonchev–Trinajstić information content (AvgIpc) is 2.37. The number of halogens is 2. The van der Waals surface area contributed by atoms with Gasteiger partial charge >= 0.3 is 0 Å². The minimum absolute atomic E-state index is 0.0200. The molecule has 2 nitrogen and oxygen atoms in total. The molecule has 0 radical (unpaired) electrons. The van der Waals surface area contributed by atoms with Gasteiger partial charge in [0.2, 0.25) is 0 Å². The lowest BCUT2D eigenvalue weighted by molar-refractivity contribution is 0.527. The Morgan fingerprint density at radius 1 is 1.33 bits per heavy atom. The van der Waals surface area contributed by atoms with Crippen molar-refractivity contribution < 1.29 is 13.0 Å². The molecule has 1 rings (SSSR count). The number of hydrogen-bond donors (Lipinski definition) is 1. The summed E-state index contributed by atoms with van der Waals surface area (Å²) in [5.41, 5.74) is 0. The van der Waals surface area contributed by atoms with E-state index >= 15 is 0 Å². The van der Waals surface area contributed by atoms with Crippen LogP contribution < -0.4 is 5.32 Å². The van der Waals surface area contributed by atoms with E-state index in [4.69, 9.17) is 0 Å². The average molecular weight is 275 g/mol. The fourth-order valence-electron chi connectivity index (χ4n) is 1.56. The van der Waals surface area contributed by atoms with Gasteiger partial charge < -0.3 is 5.32 Å². The maximum atomic E-state index is 13.5. The van der Waals surface area contributed by atoms with Crippen LogP contribution in [0.4, 0.5) is 8.78 Å². The van der Waals surface area contributed by atoms with Crippen molar-refractivity contribution in [3.63, 3.8) is 0 Å². The van der Waals surface area contributed by atoms with Gasteiger partial charge in [0.25, 0.3) is 0 Å². The molecule has 0 saturated heterocycles. The number of rotatable bonds is 6. The molecule has 0 heterocycles. The highest BCUT2D eigenvalue weighted by Crippen LogP contribution is 2.18. The maximum absolute atomic E-state index is 13.5. The van der Waals surface area contributed by atoms with E-state index in [9.17, 15) is 13.0 Å². The summed E-state index contributed by atoms with van der Waals surface area (Å²) in [6.07, 6.45) is 0.970. The second-order valence-electron chi connectivity index (χ2n) is 4.32. The van der Waals surface area contributed by atoms with Gasteiger partial charge in [-0.25, -0.2) is 8.78 Å². The highest BCUT2D eigenvalue weighted by Gasteiger charge is 2.22. The van der Waals surface area contributed by atoms with Gasteiger partial charge in [-0.1, -0.05) is 6.92 Å².